The number of alkyl halides is 2. The number of pyridine rings is 1. The van der Waals surface area contributed by atoms with Crippen LogP contribution in [-0.2, 0) is 9.47 Å². The number of ether oxygens (including phenoxy) is 3. The van der Waals surface area contributed by atoms with E-state index in [1.165, 1.54) is 4.90 Å². The zero-order valence-corrected chi connectivity index (χ0v) is 16.5. The number of nitrogens with zero attached hydrogens (tertiary/aromatic N) is 4. The van der Waals surface area contributed by atoms with Crippen LogP contribution >= 0.6 is 0 Å². The van der Waals surface area contributed by atoms with Gasteiger partial charge in [0, 0.05) is 24.9 Å². The predicted molar refractivity (Wildman–Crippen MR) is 99.1 cm³/mol. The first-order valence-corrected chi connectivity index (χ1v) is 9.23. The van der Waals surface area contributed by atoms with E-state index in [1.54, 1.807) is 62.2 Å². The average Bonchev–Trinajstić information content (AvgIpc) is 3.29. The molecule has 2 aromatic rings. The van der Waals surface area contributed by atoms with Crippen LogP contribution < -0.4 is 4.74 Å². The Morgan fingerprint density at radius 1 is 1.34 bits per heavy atom. The lowest BCUT2D eigenvalue weighted by Crippen LogP contribution is -2.42. The summed E-state index contributed by atoms with van der Waals surface area (Å²) >= 11 is 0. The van der Waals surface area contributed by atoms with E-state index in [0.29, 0.717) is 12.3 Å². The normalized spacial score (nSPS) is 19.6. The molecule has 1 amide bonds. The summed E-state index contributed by atoms with van der Waals surface area (Å²) in [5.74, 6) is 0.366. The number of hydrogen-bond donors (Lipinski definition) is 0. The minimum Gasteiger partial charge on any atom is -0.472 e. The Balaban J connectivity index is 1.65. The Hall–Kier alpha value is -2.75. The van der Waals surface area contributed by atoms with Crippen LogP contribution in [-0.4, -0.2) is 63.3 Å². The second kappa shape index (κ2) is 8.73. The lowest BCUT2D eigenvalue weighted by Gasteiger charge is -2.28. The second-order valence-electron chi connectivity index (χ2n) is 7.66. The fraction of sp³-hybridized carbons (Fsp3) is 0.526. The number of carbonyl (C=O) groups is 1. The molecule has 1 aliphatic heterocycles. The maximum absolute atomic E-state index is 12.5. The highest BCUT2D eigenvalue weighted by Gasteiger charge is 2.39. The summed E-state index contributed by atoms with van der Waals surface area (Å²) in [5, 5.41) is 4.13. The Labute approximate surface area is 167 Å². The standard InChI is InChI=1S/C19H24F2N4O4/c1-19(2,3)29-18(26)24-11-15(9-14(24)12-27-17(20)21)28-16-6-5-13(10-22-16)25-8-4-7-23-25/h4-8,10,14-15,17H,9,11-12H2,1-3H3/t14-,15-/m0/s1. The maximum atomic E-state index is 12.5. The van der Waals surface area contributed by atoms with Crippen molar-refractivity contribution in [1.82, 2.24) is 19.7 Å². The maximum Gasteiger partial charge on any atom is 0.410 e. The van der Waals surface area contributed by atoms with E-state index in [1.807, 2.05) is 0 Å². The SMILES string of the molecule is CC(C)(C)OC(=O)N1C[C@@H](Oc2ccc(-n3cccn3)cn2)C[C@H]1COC(F)F. The molecule has 29 heavy (non-hydrogen) atoms. The lowest BCUT2D eigenvalue weighted by molar-refractivity contribution is -0.138. The van der Waals surface area contributed by atoms with Crippen LogP contribution in [0.5, 0.6) is 5.88 Å². The van der Waals surface area contributed by atoms with Gasteiger partial charge in [0.05, 0.1) is 31.1 Å². The van der Waals surface area contributed by atoms with Crippen LogP contribution in [0.25, 0.3) is 5.69 Å². The fourth-order valence-electron chi connectivity index (χ4n) is 3.02. The van der Waals surface area contributed by atoms with Gasteiger partial charge in [0.1, 0.15) is 11.7 Å². The summed E-state index contributed by atoms with van der Waals surface area (Å²) in [5.41, 5.74) is 0.0703. The average molecular weight is 410 g/mol. The van der Waals surface area contributed by atoms with E-state index in [2.05, 4.69) is 14.8 Å². The van der Waals surface area contributed by atoms with Gasteiger partial charge < -0.3 is 14.2 Å². The van der Waals surface area contributed by atoms with Crippen LogP contribution in [0.15, 0.2) is 36.8 Å². The smallest absolute Gasteiger partial charge is 0.410 e. The molecule has 8 nitrogen and oxygen atoms in total. The first kappa shape index (κ1) is 21.0. The number of carbonyl (C=O) groups excluding carboxylic acids is 1. The van der Waals surface area contributed by atoms with Gasteiger partial charge in [-0.05, 0) is 32.9 Å². The van der Waals surface area contributed by atoms with Gasteiger partial charge in [0.15, 0.2) is 0 Å². The van der Waals surface area contributed by atoms with Gasteiger partial charge >= 0.3 is 12.7 Å². The first-order chi connectivity index (χ1) is 13.7. The molecule has 3 rings (SSSR count). The molecule has 2 aromatic heterocycles. The van der Waals surface area contributed by atoms with Crippen molar-refractivity contribution in [3.63, 3.8) is 0 Å². The van der Waals surface area contributed by atoms with Gasteiger partial charge in [0.2, 0.25) is 5.88 Å². The molecule has 158 valence electrons. The molecule has 0 aliphatic carbocycles. The Kier molecular flexibility index (Phi) is 6.31. The quantitative estimate of drug-likeness (QED) is 0.727. The third kappa shape index (κ3) is 5.86. The van der Waals surface area contributed by atoms with Gasteiger partial charge in [-0.2, -0.15) is 13.9 Å². The van der Waals surface area contributed by atoms with Crippen molar-refractivity contribution in [2.45, 2.75) is 51.6 Å². The van der Waals surface area contributed by atoms with Crippen LogP contribution in [0.2, 0.25) is 0 Å². The highest BCUT2D eigenvalue weighted by Crippen LogP contribution is 2.25. The number of likely N-dealkylation sites (tertiary alicyclic amines) is 1. The van der Waals surface area contributed by atoms with E-state index in [-0.39, 0.29) is 13.2 Å². The minimum absolute atomic E-state index is 0.189. The molecule has 3 heterocycles. The van der Waals surface area contributed by atoms with E-state index in [0.717, 1.165) is 5.69 Å². The summed E-state index contributed by atoms with van der Waals surface area (Å²) in [6.07, 6.45) is 4.39. The van der Waals surface area contributed by atoms with Crippen LogP contribution in [0.1, 0.15) is 27.2 Å². The molecule has 10 heteroatoms. The zero-order chi connectivity index (χ0) is 21.0. The van der Waals surface area contributed by atoms with Gasteiger partial charge in [-0.3, -0.25) is 4.90 Å². The summed E-state index contributed by atoms with van der Waals surface area (Å²) in [7, 11) is 0. The number of halogens is 2. The molecule has 0 bridgehead atoms. The van der Waals surface area contributed by atoms with Gasteiger partial charge in [-0.25, -0.2) is 14.5 Å². The molecule has 1 fully saturated rings. The van der Waals surface area contributed by atoms with Crippen molar-refractivity contribution in [2.24, 2.45) is 0 Å². The summed E-state index contributed by atoms with van der Waals surface area (Å²) in [4.78, 5) is 18.1. The predicted octanol–water partition coefficient (Wildman–Crippen LogP) is 3.26. The molecule has 0 N–H and O–H groups in total. The van der Waals surface area contributed by atoms with E-state index >= 15 is 0 Å². The number of rotatable bonds is 6. The number of amides is 1. The Morgan fingerprint density at radius 2 is 2.14 bits per heavy atom. The Bertz CT molecular complexity index is 794. The second-order valence-corrected chi connectivity index (χ2v) is 7.66. The van der Waals surface area contributed by atoms with Crippen molar-refractivity contribution < 1.29 is 27.8 Å². The zero-order valence-electron chi connectivity index (χ0n) is 16.5. The summed E-state index contributed by atoms with van der Waals surface area (Å²) in [6.45, 7) is 2.20. The molecule has 0 radical (unpaired) electrons. The number of hydrogen-bond acceptors (Lipinski definition) is 6. The van der Waals surface area contributed by atoms with Crippen molar-refractivity contribution in [3.05, 3.63) is 36.8 Å². The topological polar surface area (TPSA) is 78.7 Å². The van der Waals surface area contributed by atoms with Gasteiger partial charge in [0.25, 0.3) is 0 Å². The van der Waals surface area contributed by atoms with Crippen LogP contribution in [0, 0.1) is 0 Å². The van der Waals surface area contributed by atoms with Gasteiger partial charge in [-0.15, -0.1) is 0 Å². The third-order valence-electron chi connectivity index (χ3n) is 4.20. The fourth-order valence-corrected chi connectivity index (χ4v) is 3.02. The Morgan fingerprint density at radius 3 is 2.72 bits per heavy atom. The molecular weight excluding hydrogens is 386 g/mol. The molecular formula is C19H24F2N4O4. The van der Waals surface area contributed by atoms with E-state index < -0.39 is 30.5 Å². The van der Waals surface area contributed by atoms with Crippen LogP contribution in [0.4, 0.5) is 13.6 Å². The van der Waals surface area contributed by atoms with E-state index in [9.17, 15) is 13.6 Å². The highest BCUT2D eigenvalue weighted by molar-refractivity contribution is 5.69. The molecule has 0 aromatic carbocycles. The van der Waals surface area contributed by atoms with Crippen molar-refractivity contribution >= 4 is 6.09 Å². The summed E-state index contributed by atoms with van der Waals surface area (Å²) in [6, 6.07) is 4.72. The van der Waals surface area contributed by atoms with Crippen LogP contribution in [0.3, 0.4) is 0 Å². The van der Waals surface area contributed by atoms with E-state index in [4.69, 9.17) is 9.47 Å². The highest BCUT2D eigenvalue weighted by atomic mass is 19.3. The molecule has 0 saturated carbocycles. The lowest BCUT2D eigenvalue weighted by atomic mass is 10.2. The molecule has 0 unspecified atom stereocenters. The summed E-state index contributed by atoms with van der Waals surface area (Å²) < 4.78 is 42.3. The minimum atomic E-state index is -2.91. The molecule has 2 atom stereocenters. The third-order valence-corrected chi connectivity index (χ3v) is 4.20. The molecule has 0 spiro atoms. The molecule has 1 saturated heterocycles. The monoisotopic (exact) mass is 410 g/mol. The van der Waals surface area contributed by atoms with Crippen molar-refractivity contribution in [3.8, 4) is 11.6 Å². The van der Waals surface area contributed by atoms with Gasteiger partial charge in [-0.1, -0.05) is 0 Å². The van der Waals surface area contributed by atoms with Crippen molar-refractivity contribution in [2.75, 3.05) is 13.2 Å². The number of aromatic nitrogens is 3. The largest absolute Gasteiger partial charge is 0.472 e. The van der Waals surface area contributed by atoms with Crippen molar-refractivity contribution in [1.29, 1.82) is 0 Å². The molecule has 1 aliphatic rings. The first-order valence-electron chi connectivity index (χ1n) is 9.23.